The molecule has 9 nitrogen and oxygen atoms in total. The van der Waals surface area contributed by atoms with Gasteiger partial charge in [-0.15, -0.1) is 5.10 Å². The highest BCUT2D eigenvalue weighted by Gasteiger charge is 2.36. The fraction of sp³-hybridized carbons (Fsp3) is 0.250. The molecule has 0 saturated heterocycles. The van der Waals surface area contributed by atoms with Crippen LogP contribution in [0.15, 0.2) is 47.9 Å². The van der Waals surface area contributed by atoms with Crippen LogP contribution < -0.4 is 29.4 Å². The molecule has 0 fully saturated rings. The van der Waals surface area contributed by atoms with Gasteiger partial charge in [0.25, 0.3) is 0 Å². The van der Waals surface area contributed by atoms with Crippen LogP contribution in [-0.2, 0) is 0 Å². The van der Waals surface area contributed by atoms with Crippen molar-refractivity contribution in [3.63, 3.8) is 0 Å². The number of nitriles is 1. The largest absolute Gasteiger partial charge is 0.494 e. The van der Waals surface area contributed by atoms with Crippen LogP contribution in [0.3, 0.4) is 0 Å². The number of ether oxygens (including phenoxy) is 5. The van der Waals surface area contributed by atoms with Gasteiger partial charge in [-0.1, -0.05) is 0 Å². The molecule has 1 aliphatic heterocycles. The summed E-state index contributed by atoms with van der Waals surface area (Å²) in [5.74, 6) is 1.85. The first-order valence-electron chi connectivity index (χ1n) is 10.2. The fourth-order valence-electron chi connectivity index (χ4n) is 3.95. The number of H-pyrrole nitrogens is 1. The van der Waals surface area contributed by atoms with Crippen molar-refractivity contribution in [1.82, 2.24) is 10.2 Å². The smallest absolute Gasteiger partial charge is 0.244 e. The number of methoxy groups -OCH3 is 3. The zero-order valence-electron chi connectivity index (χ0n) is 18.8. The number of hydrogen-bond acceptors (Lipinski definition) is 8. The Balaban J connectivity index is 1.92. The number of allylic oxidation sites excluding steroid dienone is 1. The maximum Gasteiger partial charge on any atom is 0.244 e. The molecule has 1 aromatic heterocycles. The third-order valence-corrected chi connectivity index (χ3v) is 5.41. The molecule has 0 radical (unpaired) electrons. The molecular formula is C24H24N4O5. The molecule has 2 aromatic carbocycles. The van der Waals surface area contributed by atoms with E-state index in [1.165, 1.54) is 21.3 Å². The summed E-state index contributed by atoms with van der Waals surface area (Å²) < 4.78 is 27.7. The average Bonchev–Trinajstić information content (AvgIpc) is 3.26. The average molecular weight is 448 g/mol. The highest BCUT2D eigenvalue weighted by Crippen LogP contribution is 2.49. The standard InChI is InChI=1S/C24H24N4O5/c1-5-32-15-8-6-13(7-9-15)21-20-19(16(12-25)23(26)33-24(20)28-27-21)14-10-17(29-2)22(31-4)18(11-14)30-3/h6-11,19H,5,26H2,1-4H3,(H,27,28)/t19-/m0/s1. The second-order valence-corrected chi connectivity index (χ2v) is 7.16. The predicted octanol–water partition coefficient (Wildman–Crippen LogP) is 3.72. The number of nitrogens with two attached hydrogens (primary N) is 1. The summed E-state index contributed by atoms with van der Waals surface area (Å²) in [7, 11) is 4.61. The van der Waals surface area contributed by atoms with Crippen LogP contribution in [0.25, 0.3) is 11.3 Å². The van der Waals surface area contributed by atoms with Crippen LogP contribution >= 0.6 is 0 Å². The lowest BCUT2D eigenvalue weighted by Gasteiger charge is -2.25. The summed E-state index contributed by atoms with van der Waals surface area (Å²) in [6.45, 7) is 2.50. The minimum atomic E-state index is -0.576. The molecular weight excluding hydrogens is 424 g/mol. The molecule has 33 heavy (non-hydrogen) atoms. The zero-order chi connectivity index (χ0) is 23.5. The molecule has 3 N–H and O–H groups in total. The molecule has 170 valence electrons. The first kappa shape index (κ1) is 21.9. The van der Waals surface area contributed by atoms with Gasteiger partial charge in [0, 0.05) is 5.56 Å². The number of aromatic amines is 1. The lowest BCUT2D eigenvalue weighted by atomic mass is 9.82. The molecule has 0 bridgehead atoms. The van der Waals surface area contributed by atoms with E-state index in [-0.39, 0.29) is 11.5 Å². The van der Waals surface area contributed by atoms with E-state index in [0.717, 1.165) is 11.3 Å². The molecule has 0 spiro atoms. The zero-order valence-corrected chi connectivity index (χ0v) is 18.8. The van der Waals surface area contributed by atoms with E-state index in [2.05, 4.69) is 16.3 Å². The number of aromatic nitrogens is 2. The van der Waals surface area contributed by atoms with Gasteiger partial charge in [-0.05, 0) is 48.9 Å². The number of fused-ring (bicyclic) bond motifs is 1. The van der Waals surface area contributed by atoms with Gasteiger partial charge < -0.3 is 29.4 Å². The van der Waals surface area contributed by atoms with Crippen molar-refractivity contribution in [3.8, 4) is 46.2 Å². The van der Waals surface area contributed by atoms with Crippen molar-refractivity contribution < 1.29 is 23.7 Å². The van der Waals surface area contributed by atoms with Gasteiger partial charge in [-0.25, -0.2) is 0 Å². The second-order valence-electron chi connectivity index (χ2n) is 7.16. The van der Waals surface area contributed by atoms with Crippen molar-refractivity contribution in [2.75, 3.05) is 27.9 Å². The normalized spacial score (nSPS) is 14.7. The minimum Gasteiger partial charge on any atom is -0.494 e. The summed E-state index contributed by atoms with van der Waals surface area (Å²) in [6.07, 6.45) is 0. The fourth-order valence-corrected chi connectivity index (χ4v) is 3.95. The highest BCUT2D eigenvalue weighted by molar-refractivity contribution is 5.72. The van der Waals surface area contributed by atoms with E-state index in [1.54, 1.807) is 12.1 Å². The highest BCUT2D eigenvalue weighted by atomic mass is 16.5. The first-order valence-corrected chi connectivity index (χ1v) is 10.2. The summed E-state index contributed by atoms with van der Waals surface area (Å²) >= 11 is 0. The van der Waals surface area contributed by atoms with Crippen LogP contribution in [-0.4, -0.2) is 38.1 Å². The van der Waals surface area contributed by atoms with Crippen molar-refractivity contribution in [2.24, 2.45) is 5.73 Å². The molecule has 9 heteroatoms. The van der Waals surface area contributed by atoms with Crippen LogP contribution in [0, 0.1) is 11.3 Å². The van der Waals surface area contributed by atoms with Gasteiger partial charge in [0.1, 0.15) is 17.4 Å². The quantitative estimate of drug-likeness (QED) is 0.560. The number of nitrogens with zero attached hydrogens (tertiary/aromatic N) is 2. The molecule has 0 amide bonds. The number of rotatable bonds is 7. The first-order chi connectivity index (χ1) is 16.1. The molecule has 0 unspecified atom stereocenters. The molecule has 1 aliphatic rings. The van der Waals surface area contributed by atoms with Gasteiger partial charge in [0.05, 0.1) is 45.1 Å². The van der Waals surface area contributed by atoms with Crippen LogP contribution in [0.4, 0.5) is 0 Å². The van der Waals surface area contributed by atoms with Crippen molar-refractivity contribution >= 4 is 0 Å². The summed E-state index contributed by atoms with van der Waals surface area (Å²) in [6, 6.07) is 13.4. The molecule has 3 aromatic rings. The van der Waals surface area contributed by atoms with E-state index < -0.39 is 5.92 Å². The van der Waals surface area contributed by atoms with Crippen molar-refractivity contribution in [3.05, 3.63) is 59.0 Å². The minimum absolute atomic E-state index is 0.00602. The summed E-state index contributed by atoms with van der Waals surface area (Å²) in [4.78, 5) is 0. The van der Waals surface area contributed by atoms with Crippen LogP contribution in [0.2, 0.25) is 0 Å². The van der Waals surface area contributed by atoms with E-state index in [9.17, 15) is 5.26 Å². The Morgan fingerprint density at radius 1 is 1.09 bits per heavy atom. The molecule has 0 aliphatic carbocycles. The van der Waals surface area contributed by atoms with E-state index in [4.69, 9.17) is 29.4 Å². The number of hydrogen-bond donors (Lipinski definition) is 2. The summed E-state index contributed by atoms with van der Waals surface area (Å²) in [5, 5.41) is 17.3. The van der Waals surface area contributed by atoms with Gasteiger partial charge >= 0.3 is 0 Å². The Kier molecular flexibility index (Phi) is 6.00. The Bertz CT molecular complexity index is 1220. The third-order valence-electron chi connectivity index (χ3n) is 5.41. The maximum absolute atomic E-state index is 9.96. The molecule has 4 rings (SSSR count). The molecule has 1 atom stereocenters. The van der Waals surface area contributed by atoms with Gasteiger partial charge in [0.15, 0.2) is 11.5 Å². The second kappa shape index (κ2) is 9.04. The SMILES string of the molecule is CCOc1ccc(-c2[nH]nc3c2[C@@H](c2cc(OC)c(OC)c(OC)c2)C(C#N)=C(N)O3)cc1. The predicted molar refractivity (Wildman–Crippen MR) is 121 cm³/mol. The van der Waals surface area contributed by atoms with Gasteiger partial charge in [0.2, 0.25) is 17.5 Å². The lowest BCUT2D eigenvalue weighted by molar-refractivity contribution is 0.323. The van der Waals surface area contributed by atoms with E-state index in [0.29, 0.717) is 46.6 Å². The Morgan fingerprint density at radius 2 is 1.76 bits per heavy atom. The molecule has 2 heterocycles. The molecule has 0 saturated carbocycles. The third kappa shape index (κ3) is 3.76. The van der Waals surface area contributed by atoms with Gasteiger partial charge in [-0.3, -0.25) is 5.10 Å². The van der Waals surface area contributed by atoms with Gasteiger partial charge in [-0.2, -0.15) is 5.26 Å². The Hall–Kier alpha value is -4.32. The lowest BCUT2D eigenvalue weighted by Crippen LogP contribution is -2.21. The number of benzene rings is 2. The van der Waals surface area contributed by atoms with E-state index in [1.807, 2.05) is 31.2 Å². The topological polar surface area (TPSA) is 125 Å². The Labute approximate surface area is 191 Å². The summed E-state index contributed by atoms with van der Waals surface area (Å²) in [5.41, 5.74) is 9.31. The van der Waals surface area contributed by atoms with E-state index >= 15 is 0 Å². The van der Waals surface area contributed by atoms with Crippen LogP contribution in [0.5, 0.6) is 28.9 Å². The number of nitrogens with one attached hydrogen (secondary N) is 1. The monoisotopic (exact) mass is 448 g/mol. The van der Waals surface area contributed by atoms with Crippen molar-refractivity contribution in [1.29, 1.82) is 5.26 Å². The van der Waals surface area contributed by atoms with Crippen LogP contribution in [0.1, 0.15) is 24.0 Å². The van der Waals surface area contributed by atoms with Crippen molar-refractivity contribution in [2.45, 2.75) is 12.8 Å². The Morgan fingerprint density at radius 3 is 2.30 bits per heavy atom. The maximum atomic E-state index is 9.96.